The number of carbonyl (C=O) groups excluding carboxylic acids is 1. The van der Waals surface area contributed by atoms with Gasteiger partial charge in [-0.25, -0.2) is 0 Å². The van der Waals surface area contributed by atoms with Gasteiger partial charge in [0.15, 0.2) is 29.3 Å². The Bertz CT molecular complexity index is 1090. The molecule has 0 N–H and O–H groups in total. The Labute approximate surface area is 228 Å². The topological polar surface area (TPSA) is 81.7 Å². The lowest BCUT2D eigenvalue weighted by atomic mass is 9.92. The fraction of sp³-hybridized carbons (Fsp3) is 0.552. The van der Waals surface area contributed by atoms with Gasteiger partial charge in [-0.1, -0.05) is 41.5 Å². The second-order valence-electron chi connectivity index (χ2n) is 10.0. The highest BCUT2D eigenvalue weighted by Gasteiger charge is 2.45. The predicted octanol–water partition coefficient (Wildman–Crippen LogP) is 6.91. The molecule has 0 bridgehead atoms. The number of aldehydes is 1. The van der Waals surface area contributed by atoms with Gasteiger partial charge < -0.3 is 32.8 Å². The summed E-state index contributed by atoms with van der Waals surface area (Å²) in [5, 5.41) is 0. The molecule has 8 nitrogen and oxygen atoms in total. The highest BCUT2D eigenvalue weighted by atomic mass is 28.4. The van der Waals surface area contributed by atoms with Crippen molar-refractivity contribution in [2.75, 3.05) is 42.7 Å². The largest absolute Gasteiger partial charge is 0.493 e. The molecule has 0 spiro atoms. The smallest absolute Gasteiger partial charge is 0.203 e. The van der Waals surface area contributed by atoms with Crippen molar-refractivity contribution in [2.24, 2.45) is 0 Å². The van der Waals surface area contributed by atoms with E-state index in [9.17, 15) is 4.79 Å². The van der Waals surface area contributed by atoms with Crippen molar-refractivity contribution in [3.8, 4) is 45.6 Å². The summed E-state index contributed by atoms with van der Waals surface area (Å²) in [6.07, 6.45) is 0.760. The van der Waals surface area contributed by atoms with Crippen LogP contribution in [0.3, 0.4) is 0 Å². The van der Waals surface area contributed by atoms with Crippen molar-refractivity contribution < 1.29 is 37.6 Å². The minimum atomic E-state index is -2.25. The molecule has 212 valence electrons. The maximum Gasteiger partial charge on any atom is 0.203 e. The number of methoxy groups -OCH3 is 6. The Kier molecular flexibility index (Phi) is 10.9. The minimum absolute atomic E-state index is 0.280. The quantitative estimate of drug-likeness (QED) is 0.186. The van der Waals surface area contributed by atoms with E-state index >= 15 is 0 Å². The molecule has 0 heterocycles. The van der Waals surface area contributed by atoms with Crippen LogP contribution in [0.5, 0.6) is 34.5 Å². The van der Waals surface area contributed by atoms with E-state index in [1.807, 2.05) is 6.07 Å². The van der Waals surface area contributed by atoms with Crippen molar-refractivity contribution in [1.29, 1.82) is 0 Å². The van der Waals surface area contributed by atoms with Crippen LogP contribution in [-0.2, 0) is 11.0 Å². The number of ether oxygens (including phenoxy) is 6. The first kappa shape index (κ1) is 31.3. The summed E-state index contributed by atoms with van der Waals surface area (Å²) in [6, 6.07) is 3.50. The molecule has 0 aliphatic heterocycles. The van der Waals surface area contributed by atoms with Crippen molar-refractivity contribution in [3.05, 3.63) is 23.3 Å². The van der Waals surface area contributed by atoms with Gasteiger partial charge in [0.2, 0.25) is 19.8 Å². The Hall–Kier alpha value is -2.91. The Morgan fingerprint density at radius 2 is 1.05 bits per heavy atom. The first-order valence-corrected chi connectivity index (χ1v) is 14.9. The van der Waals surface area contributed by atoms with Gasteiger partial charge in [0.05, 0.1) is 49.3 Å². The summed E-state index contributed by atoms with van der Waals surface area (Å²) in [5.74, 6) is 2.34. The van der Waals surface area contributed by atoms with E-state index < -0.39 is 8.32 Å². The minimum Gasteiger partial charge on any atom is -0.493 e. The molecular formula is C29H44O8Si. The lowest BCUT2D eigenvalue weighted by molar-refractivity contribution is 0.112. The number of rotatable bonds is 14. The molecule has 2 aromatic carbocycles. The van der Waals surface area contributed by atoms with Gasteiger partial charge in [-0.15, -0.1) is 0 Å². The molecule has 0 atom stereocenters. The maximum atomic E-state index is 12.4. The summed E-state index contributed by atoms with van der Waals surface area (Å²) in [7, 11) is 6.97. The zero-order valence-electron chi connectivity index (χ0n) is 24.9. The highest BCUT2D eigenvalue weighted by molar-refractivity contribution is 6.77. The number of hydrogen-bond donors (Lipinski definition) is 0. The van der Waals surface area contributed by atoms with E-state index in [0.717, 1.165) is 11.8 Å². The SMILES string of the molecule is COc1cc(C=O)c(-c2c(CO[Si](C(C)C)(C(C)C)C(C)C)cc(OC)c(OC)c2OC)c(OC)c1OC. The van der Waals surface area contributed by atoms with Crippen LogP contribution in [0.4, 0.5) is 0 Å². The number of carbonyl (C=O) groups is 1. The summed E-state index contributed by atoms with van der Waals surface area (Å²) >= 11 is 0. The molecule has 0 saturated carbocycles. The van der Waals surface area contributed by atoms with Crippen molar-refractivity contribution in [2.45, 2.75) is 64.8 Å². The van der Waals surface area contributed by atoms with Crippen molar-refractivity contribution in [1.82, 2.24) is 0 Å². The molecule has 0 aliphatic rings. The number of benzene rings is 2. The van der Waals surface area contributed by atoms with Crippen LogP contribution in [0.25, 0.3) is 11.1 Å². The third-order valence-electron chi connectivity index (χ3n) is 7.33. The van der Waals surface area contributed by atoms with Crippen molar-refractivity contribution >= 4 is 14.6 Å². The van der Waals surface area contributed by atoms with Crippen LogP contribution >= 0.6 is 0 Å². The lowest BCUT2D eigenvalue weighted by Gasteiger charge is -2.42. The van der Waals surface area contributed by atoms with Gasteiger partial charge in [-0.05, 0) is 34.3 Å². The van der Waals surface area contributed by atoms with E-state index in [-0.39, 0.29) is 6.61 Å². The van der Waals surface area contributed by atoms with E-state index in [1.165, 1.54) is 21.3 Å². The monoisotopic (exact) mass is 548 g/mol. The fourth-order valence-corrected chi connectivity index (χ4v) is 11.2. The van der Waals surface area contributed by atoms with E-state index in [2.05, 4.69) is 41.5 Å². The maximum absolute atomic E-state index is 12.4. The van der Waals surface area contributed by atoms with Gasteiger partial charge >= 0.3 is 0 Å². The highest BCUT2D eigenvalue weighted by Crippen LogP contribution is 2.54. The molecule has 2 aromatic rings. The van der Waals surface area contributed by atoms with Gasteiger partial charge in [0.1, 0.15) is 0 Å². The van der Waals surface area contributed by atoms with Crippen LogP contribution in [0, 0.1) is 0 Å². The molecule has 0 aromatic heterocycles. The molecule has 0 unspecified atom stereocenters. The average molecular weight is 549 g/mol. The van der Waals surface area contributed by atoms with Gasteiger partial charge in [-0.3, -0.25) is 4.79 Å². The number of hydrogen-bond acceptors (Lipinski definition) is 8. The first-order chi connectivity index (χ1) is 18.0. The Morgan fingerprint density at radius 3 is 1.42 bits per heavy atom. The summed E-state index contributed by atoms with van der Waals surface area (Å²) in [5.41, 5.74) is 3.35. The zero-order chi connectivity index (χ0) is 28.8. The van der Waals surface area contributed by atoms with Crippen LogP contribution < -0.4 is 28.4 Å². The first-order valence-electron chi connectivity index (χ1n) is 12.8. The lowest BCUT2D eigenvalue weighted by Crippen LogP contribution is -2.47. The molecular weight excluding hydrogens is 504 g/mol. The van der Waals surface area contributed by atoms with Gasteiger partial charge in [-0.2, -0.15) is 0 Å². The molecule has 2 rings (SSSR count). The Balaban J connectivity index is 3.04. The second kappa shape index (κ2) is 13.2. The van der Waals surface area contributed by atoms with E-state index in [1.54, 1.807) is 27.4 Å². The summed E-state index contributed by atoms with van der Waals surface area (Å²) in [4.78, 5) is 12.4. The third kappa shape index (κ3) is 5.45. The summed E-state index contributed by atoms with van der Waals surface area (Å²) < 4.78 is 41.3. The van der Waals surface area contributed by atoms with E-state index in [0.29, 0.717) is 67.8 Å². The Morgan fingerprint density at radius 1 is 0.632 bits per heavy atom. The van der Waals surface area contributed by atoms with E-state index in [4.69, 9.17) is 32.8 Å². The van der Waals surface area contributed by atoms with Gasteiger partial charge in [0, 0.05) is 16.7 Å². The molecule has 0 aliphatic carbocycles. The predicted molar refractivity (Wildman–Crippen MR) is 152 cm³/mol. The normalized spacial score (nSPS) is 11.7. The molecule has 9 heteroatoms. The van der Waals surface area contributed by atoms with Crippen LogP contribution in [0.1, 0.15) is 57.5 Å². The standard InChI is InChI=1S/C29H44O8Si/c1-17(2)38(18(3)4,19(5)6)37-16-21-14-23(32-8)27(34-10)29(36-12)25(21)24-20(15-30)13-22(31-7)26(33-9)28(24)35-11/h13-15,17-19H,16H2,1-12H3. The van der Waals surface area contributed by atoms with Crippen LogP contribution in [0.2, 0.25) is 16.6 Å². The summed E-state index contributed by atoms with van der Waals surface area (Å²) in [6.45, 7) is 13.7. The molecule has 0 fully saturated rings. The third-order valence-corrected chi connectivity index (χ3v) is 13.4. The average Bonchev–Trinajstić information content (AvgIpc) is 2.90. The zero-order valence-corrected chi connectivity index (χ0v) is 25.9. The second-order valence-corrected chi connectivity index (χ2v) is 15.5. The molecule has 0 saturated heterocycles. The molecule has 0 amide bonds. The molecule has 38 heavy (non-hydrogen) atoms. The van der Waals surface area contributed by atoms with Gasteiger partial charge in [0.25, 0.3) is 0 Å². The van der Waals surface area contributed by atoms with Crippen molar-refractivity contribution in [3.63, 3.8) is 0 Å². The van der Waals surface area contributed by atoms with Crippen LogP contribution in [0.15, 0.2) is 12.1 Å². The fourth-order valence-electron chi connectivity index (χ4n) is 5.82. The molecule has 0 radical (unpaired) electrons. The van der Waals surface area contributed by atoms with Crippen LogP contribution in [-0.4, -0.2) is 57.3 Å².